The molecular formula is C26H24Cl2N6O2S. The number of aromatic nitrogens is 3. The van der Waals surface area contributed by atoms with Crippen LogP contribution in [0.2, 0.25) is 10.0 Å². The maximum Gasteiger partial charge on any atom is 0.253 e. The first-order valence-corrected chi connectivity index (χ1v) is 12.9. The molecule has 190 valence electrons. The molecule has 3 N–H and O–H groups in total. The van der Waals surface area contributed by atoms with Gasteiger partial charge in [-0.05, 0) is 67.9 Å². The highest BCUT2D eigenvalue weighted by Gasteiger charge is 2.21. The van der Waals surface area contributed by atoms with E-state index < -0.39 is 5.25 Å². The second kappa shape index (κ2) is 12.1. The lowest BCUT2D eigenvalue weighted by atomic mass is 10.2. The number of hydrogen-bond acceptors (Lipinski definition) is 7. The van der Waals surface area contributed by atoms with Gasteiger partial charge in [-0.2, -0.15) is 5.10 Å². The van der Waals surface area contributed by atoms with Gasteiger partial charge in [-0.1, -0.05) is 53.2 Å². The number of phenols is 1. The van der Waals surface area contributed by atoms with E-state index in [2.05, 4.69) is 26.0 Å². The monoisotopic (exact) mass is 554 g/mol. The SMILES string of the molecule is Cc1cc(Cl)ccc1NCc1nnc(SC(C)C(=O)N/N=C/c2cc(Cl)ccc2O)n1-c1ccccc1. The summed E-state index contributed by atoms with van der Waals surface area (Å²) in [5.74, 6) is 0.364. The number of halogens is 2. The second-order valence-electron chi connectivity index (χ2n) is 8.08. The molecule has 1 amide bonds. The number of hydrogen-bond donors (Lipinski definition) is 3. The first-order valence-electron chi connectivity index (χ1n) is 11.3. The standard InChI is InChI=1S/C26H24Cl2N6O2S/c1-16-12-19(27)8-10-22(16)29-15-24-31-33-26(34(24)21-6-4-3-5-7-21)37-17(2)25(36)32-30-14-18-13-20(28)9-11-23(18)35/h3-14,17,29,35H,15H2,1-2H3,(H,32,36)/b30-14+. The van der Waals surface area contributed by atoms with Crippen LogP contribution in [0.3, 0.4) is 0 Å². The van der Waals surface area contributed by atoms with Gasteiger partial charge in [-0.3, -0.25) is 9.36 Å². The summed E-state index contributed by atoms with van der Waals surface area (Å²) in [5.41, 5.74) is 5.73. The molecule has 4 aromatic rings. The number of carbonyl (C=O) groups is 1. The van der Waals surface area contributed by atoms with Gasteiger partial charge in [-0.25, -0.2) is 5.43 Å². The second-order valence-corrected chi connectivity index (χ2v) is 10.3. The van der Waals surface area contributed by atoms with E-state index in [0.29, 0.717) is 33.1 Å². The van der Waals surface area contributed by atoms with Crippen molar-refractivity contribution in [2.24, 2.45) is 5.10 Å². The number of para-hydroxylation sites is 1. The largest absolute Gasteiger partial charge is 0.507 e. The van der Waals surface area contributed by atoms with Crippen LogP contribution in [-0.4, -0.2) is 37.2 Å². The molecule has 37 heavy (non-hydrogen) atoms. The highest BCUT2D eigenvalue weighted by atomic mass is 35.5. The number of nitrogens with zero attached hydrogens (tertiary/aromatic N) is 4. The average molecular weight is 555 g/mol. The van der Waals surface area contributed by atoms with Crippen LogP contribution in [-0.2, 0) is 11.3 Å². The van der Waals surface area contributed by atoms with Crippen molar-refractivity contribution >= 4 is 52.8 Å². The van der Waals surface area contributed by atoms with Crippen LogP contribution in [0.15, 0.2) is 77.0 Å². The Morgan fingerprint density at radius 1 is 1.11 bits per heavy atom. The van der Waals surface area contributed by atoms with Gasteiger partial charge < -0.3 is 10.4 Å². The smallest absolute Gasteiger partial charge is 0.253 e. The van der Waals surface area contributed by atoms with Crippen molar-refractivity contribution in [3.8, 4) is 11.4 Å². The Kier molecular flexibility index (Phi) is 8.70. The summed E-state index contributed by atoms with van der Waals surface area (Å²) in [5, 5.41) is 27.1. The predicted octanol–water partition coefficient (Wildman–Crippen LogP) is 5.83. The summed E-state index contributed by atoms with van der Waals surface area (Å²) in [7, 11) is 0. The molecule has 1 unspecified atom stereocenters. The van der Waals surface area contributed by atoms with Gasteiger partial charge in [0.05, 0.1) is 18.0 Å². The minimum absolute atomic E-state index is 0.00992. The van der Waals surface area contributed by atoms with E-state index in [1.165, 1.54) is 24.0 Å². The van der Waals surface area contributed by atoms with Crippen LogP contribution in [0.5, 0.6) is 5.75 Å². The normalized spacial score (nSPS) is 12.0. The molecule has 1 aromatic heterocycles. The van der Waals surface area contributed by atoms with Crippen LogP contribution in [0, 0.1) is 6.92 Å². The lowest BCUT2D eigenvalue weighted by Crippen LogP contribution is -2.27. The number of anilines is 1. The van der Waals surface area contributed by atoms with Gasteiger partial charge in [0.2, 0.25) is 0 Å². The summed E-state index contributed by atoms with van der Waals surface area (Å²) in [6.45, 7) is 4.15. The number of thioether (sulfide) groups is 1. The summed E-state index contributed by atoms with van der Waals surface area (Å²) < 4.78 is 1.92. The summed E-state index contributed by atoms with van der Waals surface area (Å²) in [6, 6.07) is 19.9. The molecule has 1 heterocycles. The Balaban J connectivity index is 1.49. The molecule has 0 bridgehead atoms. The Labute approximate surface area is 228 Å². The van der Waals surface area contributed by atoms with Crippen molar-refractivity contribution in [3.63, 3.8) is 0 Å². The summed E-state index contributed by atoms with van der Waals surface area (Å²) in [4.78, 5) is 12.7. The summed E-state index contributed by atoms with van der Waals surface area (Å²) in [6.07, 6.45) is 1.34. The quantitative estimate of drug-likeness (QED) is 0.136. The fourth-order valence-electron chi connectivity index (χ4n) is 3.42. The zero-order valence-corrected chi connectivity index (χ0v) is 22.3. The zero-order valence-electron chi connectivity index (χ0n) is 20.0. The third kappa shape index (κ3) is 6.82. The van der Waals surface area contributed by atoms with E-state index in [0.717, 1.165) is 16.9 Å². The van der Waals surface area contributed by atoms with E-state index in [1.54, 1.807) is 19.1 Å². The van der Waals surface area contributed by atoms with Crippen molar-refractivity contribution in [1.29, 1.82) is 0 Å². The number of amides is 1. The average Bonchev–Trinajstić information content (AvgIpc) is 3.28. The summed E-state index contributed by atoms with van der Waals surface area (Å²) >= 11 is 13.3. The van der Waals surface area contributed by atoms with Gasteiger partial charge in [0.1, 0.15) is 5.75 Å². The molecule has 11 heteroatoms. The number of aromatic hydroxyl groups is 1. The van der Waals surface area contributed by atoms with Crippen molar-refractivity contribution < 1.29 is 9.90 Å². The highest BCUT2D eigenvalue weighted by Crippen LogP contribution is 2.27. The maximum absolute atomic E-state index is 12.7. The van der Waals surface area contributed by atoms with Crippen molar-refractivity contribution in [3.05, 3.63) is 93.7 Å². The van der Waals surface area contributed by atoms with Crippen LogP contribution >= 0.6 is 35.0 Å². The number of rotatable bonds is 9. The molecule has 0 aliphatic heterocycles. The number of carbonyl (C=O) groups excluding carboxylic acids is 1. The van der Waals surface area contributed by atoms with Crippen molar-refractivity contribution in [1.82, 2.24) is 20.2 Å². The van der Waals surface area contributed by atoms with Crippen molar-refractivity contribution in [2.75, 3.05) is 5.32 Å². The first-order chi connectivity index (χ1) is 17.8. The number of aryl methyl sites for hydroxylation is 1. The molecule has 0 saturated carbocycles. The van der Waals surface area contributed by atoms with E-state index in [9.17, 15) is 9.90 Å². The van der Waals surface area contributed by atoms with Gasteiger partial charge in [0.25, 0.3) is 5.91 Å². The minimum atomic E-state index is -0.531. The van der Waals surface area contributed by atoms with Crippen LogP contribution in [0.25, 0.3) is 5.69 Å². The molecule has 0 spiro atoms. The van der Waals surface area contributed by atoms with E-state index in [1.807, 2.05) is 60.0 Å². The maximum atomic E-state index is 12.7. The zero-order chi connectivity index (χ0) is 26.4. The Hall–Kier alpha value is -3.53. The first kappa shape index (κ1) is 26.5. The van der Waals surface area contributed by atoms with E-state index in [-0.39, 0.29) is 11.7 Å². The fraction of sp³-hybridized carbons (Fsp3) is 0.154. The molecule has 8 nitrogen and oxygen atoms in total. The molecule has 4 rings (SSSR count). The van der Waals surface area contributed by atoms with Gasteiger partial charge in [0.15, 0.2) is 11.0 Å². The van der Waals surface area contributed by atoms with Gasteiger partial charge in [-0.15, -0.1) is 10.2 Å². The lowest BCUT2D eigenvalue weighted by molar-refractivity contribution is -0.120. The number of phenolic OH excluding ortho intramolecular Hbond substituents is 1. The Morgan fingerprint density at radius 3 is 2.59 bits per heavy atom. The Bertz CT molecular complexity index is 1430. The third-order valence-corrected chi connectivity index (χ3v) is 6.87. The van der Waals surface area contributed by atoms with Crippen molar-refractivity contribution in [2.45, 2.75) is 30.8 Å². The minimum Gasteiger partial charge on any atom is -0.507 e. The molecule has 0 aliphatic carbocycles. The molecular weight excluding hydrogens is 531 g/mol. The number of hydrazone groups is 1. The molecule has 0 fully saturated rings. The molecule has 0 aliphatic rings. The molecule has 1 atom stereocenters. The van der Waals surface area contributed by atoms with Gasteiger partial charge >= 0.3 is 0 Å². The number of nitrogens with one attached hydrogen (secondary N) is 2. The van der Waals surface area contributed by atoms with Crippen LogP contribution in [0.1, 0.15) is 23.9 Å². The molecule has 0 radical (unpaired) electrons. The van der Waals surface area contributed by atoms with Gasteiger partial charge in [0, 0.05) is 27.0 Å². The van der Waals surface area contributed by atoms with Crippen LogP contribution in [0.4, 0.5) is 5.69 Å². The Morgan fingerprint density at radius 2 is 1.84 bits per heavy atom. The van der Waals surface area contributed by atoms with E-state index >= 15 is 0 Å². The number of benzene rings is 3. The van der Waals surface area contributed by atoms with E-state index in [4.69, 9.17) is 23.2 Å². The topological polar surface area (TPSA) is 104 Å². The third-order valence-electron chi connectivity index (χ3n) is 5.36. The lowest BCUT2D eigenvalue weighted by Gasteiger charge is -2.14. The van der Waals surface area contributed by atoms with Crippen LogP contribution < -0.4 is 10.7 Å². The molecule has 0 saturated heterocycles. The highest BCUT2D eigenvalue weighted by molar-refractivity contribution is 8.00. The molecule has 3 aromatic carbocycles. The fourth-order valence-corrected chi connectivity index (χ4v) is 4.71. The predicted molar refractivity (Wildman–Crippen MR) is 149 cm³/mol.